The summed E-state index contributed by atoms with van der Waals surface area (Å²) in [5, 5.41) is 40.2. The molecule has 2 rings (SSSR count). The summed E-state index contributed by atoms with van der Waals surface area (Å²) in [6.45, 7) is -0.372. The van der Waals surface area contributed by atoms with Crippen molar-refractivity contribution in [1.29, 1.82) is 0 Å². The molecule has 0 saturated heterocycles. The highest BCUT2D eigenvalue weighted by Crippen LogP contribution is 2.36. The average molecular weight is 561 g/mol. The maximum Gasteiger partial charge on any atom is 0.416 e. The van der Waals surface area contributed by atoms with Crippen molar-refractivity contribution in [1.82, 2.24) is 4.90 Å². The Morgan fingerprint density at radius 1 is 1.28 bits per heavy atom. The second-order valence-corrected chi connectivity index (χ2v) is 9.37. The fourth-order valence-corrected chi connectivity index (χ4v) is 4.27. The highest BCUT2D eigenvalue weighted by atomic mass is 19.4. The minimum Gasteiger partial charge on any atom is -0.491 e. The lowest BCUT2D eigenvalue weighted by Crippen LogP contribution is -2.30. The number of benzene rings is 1. The van der Waals surface area contributed by atoms with E-state index < -0.39 is 41.1 Å². The molecule has 1 aliphatic carbocycles. The molecule has 1 aromatic rings. The van der Waals surface area contributed by atoms with Gasteiger partial charge in [0.2, 0.25) is 5.91 Å². The molecule has 0 radical (unpaired) electrons. The Bertz CT molecular complexity index is 988. The number of unbranched alkanes of at least 4 members (excludes halogenated alkanes) is 1. The first-order chi connectivity index (χ1) is 18.4. The van der Waals surface area contributed by atoms with E-state index in [9.17, 15) is 43.4 Å². The predicted molar refractivity (Wildman–Crippen MR) is 134 cm³/mol. The number of likely N-dealkylation sites (N-methyl/N-ethyl adjacent to an activating group) is 1. The molecule has 0 bridgehead atoms. The van der Waals surface area contributed by atoms with Crippen molar-refractivity contribution in [3.05, 3.63) is 64.2 Å². The first-order valence-electron chi connectivity index (χ1n) is 12.6. The average Bonchev–Trinajstić information content (AvgIpc) is 3.14. The second-order valence-electron chi connectivity index (χ2n) is 9.37. The molecule has 218 valence electrons. The second kappa shape index (κ2) is 15.4. The van der Waals surface area contributed by atoms with Gasteiger partial charge in [-0.3, -0.25) is 4.79 Å². The molecule has 13 heteroatoms. The number of rotatable bonds is 15. The molecule has 5 atom stereocenters. The Morgan fingerprint density at radius 3 is 2.72 bits per heavy atom. The number of halogens is 3. The zero-order valence-corrected chi connectivity index (χ0v) is 21.6. The van der Waals surface area contributed by atoms with Gasteiger partial charge in [-0.05, 0) is 43.4 Å². The van der Waals surface area contributed by atoms with Crippen molar-refractivity contribution < 1.29 is 47.9 Å². The Labute approximate surface area is 224 Å². The monoisotopic (exact) mass is 560 g/mol. The molecule has 0 aromatic heterocycles. The van der Waals surface area contributed by atoms with Crippen molar-refractivity contribution in [3.63, 3.8) is 0 Å². The molecule has 3 N–H and O–H groups in total. The zero-order chi connectivity index (χ0) is 29.0. The van der Waals surface area contributed by atoms with Crippen LogP contribution < -0.4 is 4.74 Å². The fourth-order valence-electron chi connectivity index (χ4n) is 4.27. The Hall–Kier alpha value is -3.16. The first kappa shape index (κ1) is 32.1. The van der Waals surface area contributed by atoms with E-state index in [1.165, 1.54) is 30.2 Å². The zero-order valence-electron chi connectivity index (χ0n) is 21.6. The third kappa shape index (κ3) is 11.2. The molecule has 1 fully saturated rings. The van der Waals surface area contributed by atoms with Crippen LogP contribution in [0.1, 0.15) is 37.7 Å². The number of aliphatic hydroxyl groups is 3. The van der Waals surface area contributed by atoms with E-state index in [1.807, 2.05) is 12.2 Å². The van der Waals surface area contributed by atoms with Crippen molar-refractivity contribution in [2.24, 2.45) is 11.8 Å². The number of aliphatic hydroxyl groups excluding tert-OH is 3. The smallest absolute Gasteiger partial charge is 0.416 e. The van der Waals surface area contributed by atoms with Crippen LogP contribution in [0, 0.1) is 22.0 Å². The normalized spacial score (nSPS) is 22.3. The van der Waals surface area contributed by atoms with Gasteiger partial charge >= 0.3 is 6.18 Å². The summed E-state index contributed by atoms with van der Waals surface area (Å²) in [7, 11) is 1.54. The van der Waals surface area contributed by atoms with E-state index in [1.54, 1.807) is 6.08 Å². The van der Waals surface area contributed by atoms with Crippen LogP contribution >= 0.6 is 0 Å². The molecule has 0 heterocycles. The lowest BCUT2D eigenvalue weighted by molar-refractivity contribution is -0.757. The molecule has 1 amide bonds. The number of hydrogen-bond acceptors (Lipinski definition) is 8. The number of allylic oxidation sites excluding steroid dienone is 2. The van der Waals surface area contributed by atoms with E-state index in [0.29, 0.717) is 19.3 Å². The summed E-state index contributed by atoms with van der Waals surface area (Å²) in [6, 6.07) is 4.33. The van der Waals surface area contributed by atoms with Gasteiger partial charge in [0.05, 0.1) is 17.8 Å². The number of ether oxygens (including phenoxy) is 1. The molecular weight excluding hydrogens is 525 g/mol. The van der Waals surface area contributed by atoms with Crippen LogP contribution in [0.15, 0.2) is 48.6 Å². The van der Waals surface area contributed by atoms with Crippen LogP contribution in [0.2, 0.25) is 0 Å². The Morgan fingerprint density at radius 2 is 2.03 bits per heavy atom. The van der Waals surface area contributed by atoms with Gasteiger partial charge in [-0.2, -0.15) is 13.2 Å². The van der Waals surface area contributed by atoms with Gasteiger partial charge in [-0.15, -0.1) is 10.1 Å². The van der Waals surface area contributed by atoms with Crippen molar-refractivity contribution in [3.8, 4) is 5.75 Å². The van der Waals surface area contributed by atoms with Gasteiger partial charge in [0.25, 0.3) is 5.09 Å². The quantitative estimate of drug-likeness (QED) is 0.129. The number of hydrogen-bond donors (Lipinski definition) is 3. The van der Waals surface area contributed by atoms with E-state index in [-0.39, 0.29) is 50.2 Å². The Kier molecular flexibility index (Phi) is 12.7. The van der Waals surface area contributed by atoms with Crippen LogP contribution in [-0.2, 0) is 15.8 Å². The van der Waals surface area contributed by atoms with E-state index in [2.05, 4.69) is 4.84 Å². The molecule has 0 spiro atoms. The van der Waals surface area contributed by atoms with Gasteiger partial charge in [-0.25, -0.2) is 0 Å². The summed E-state index contributed by atoms with van der Waals surface area (Å²) in [5.74, 6) is -0.942. The summed E-state index contributed by atoms with van der Waals surface area (Å²) in [6.07, 6.45) is 1.56. The number of carbonyl (C=O) groups excluding carboxylic acids is 1. The van der Waals surface area contributed by atoms with E-state index >= 15 is 0 Å². The van der Waals surface area contributed by atoms with E-state index in [0.717, 1.165) is 12.1 Å². The molecule has 10 nitrogen and oxygen atoms in total. The highest BCUT2D eigenvalue weighted by Gasteiger charge is 2.39. The highest BCUT2D eigenvalue weighted by molar-refractivity contribution is 5.75. The van der Waals surface area contributed by atoms with Crippen LogP contribution in [0.4, 0.5) is 13.2 Å². The van der Waals surface area contributed by atoms with E-state index in [4.69, 9.17) is 4.74 Å². The molecule has 1 aliphatic rings. The number of amides is 1. The molecule has 39 heavy (non-hydrogen) atoms. The van der Waals surface area contributed by atoms with Gasteiger partial charge in [-0.1, -0.05) is 30.4 Å². The van der Waals surface area contributed by atoms with Gasteiger partial charge in [0.1, 0.15) is 25.1 Å². The number of nitrogens with zero attached hydrogens (tertiary/aromatic N) is 2. The Balaban J connectivity index is 1.78. The fraction of sp³-hybridized carbons (Fsp3) is 0.577. The third-order valence-corrected chi connectivity index (χ3v) is 6.44. The molecule has 0 aliphatic heterocycles. The number of alkyl halides is 3. The van der Waals surface area contributed by atoms with Crippen molar-refractivity contribution >= 4 is 5.91 Å². The number of carbonyl (C=O) groups is 1. The summed E-state index contributed by atoms with van der Waals surface area (Å²) in [4.78, 5) is 27.7. The minimum atomic E-state index is -4.51. The van der Waals surface area contributed by atoms with Crippen LogP contribution in [-0.4, -0.2) is 76.3 Å². The largest absolute Gasteiger partial charge is 0.491 e. The van der Waals surface area contributed by atoms with Crippen molar-refractivity contribution in [2.45, 2.75) is 56.6 Å². The first-order valence-corrected chi connectivity index (χ1v) is 12.6. The van der Waals surface area contributed by atoms with Gasteiger partial charge < -0.3 is 29.8 Å². The summed E-state index contributed by atoms with van der Waals surface area (Å²) >= 11 is 0. The molecule has 0 unspecified atom stereocenters. The van der Waals surface area contributed by atoms with Crippen LogP contribution in [0.25, 0.3) is 0 Å². The molecule has 1 saturated carbocycles. The maximum absolute atomic E-state index is 12.8. The van der Waals surface area contributed by atoms with Crippen LogP contribution in [0.5, 0.6) is 5.75 Å². The summed E-state index contributed by atoms with van der Waals surface area (Å²) < 4.78 is 43.8. The van der Waals surface area contributed by atoms with Gasteiger partial charge in [0.15, 0.2) is 0 Å². The van der Waals surface area contributed by atoms with Crippen molar-refractivity contribution in [2.75, 3.05) is 26.8 Å². The summed E-state index contributed by atoms with van der Waals surface area (Å²) in [5.41, 5.74) is -0.858. The molecule has 1 aromatic carbocycles. The SMILES string of the molecule is CN(CCO[N+](=O)[O-])C(=O)CCCC=CC[C@@H]1[C@@H](C=C[C@@H](O)COc2cccc(C(F)(F)F)c2)[C@H](O)C[C@@H]1O. The minimum absolute atomic E-state index is 0.0335. The topological polar surface area (TPSA) is 143 Å². The maximum atomic E-state index is 12.8. The lowest BCUT2D eigenvalue weighted by atomic mass is 9.89. The van der Waals surface area contributed by atoms with Crippen LogP contribution in [0.3, 0.4) is 0 Å². The lowest BCUT2D eigenvalue weighted by Gasteiger charge is -2.20. The standard InChI is InChI=1S/C26H35F3N2O8/c1-30(13-14-39-31(36)37)25(35)10-5-3-2-4-9-21-22(24(34)16-23(21)33)12-11-19(32)17-38-20-8-6-7-18(15-20)26(27,28)29/h2,4,6-8,11-12,15,19,21-24,32-34H,3,5,9-10,13-14,16-17H2,1H3/t19-,21-,22-,23+,24-/m1/s1. The third-order valence-electron chi connectivity index (χ3n) is 6.44. The molecular formula is C26H35F3N2O8. The predicted octanol–water partition coefficient (Wildman–Crippen LogP) is 3.14. The van der Waals surface area contributed by atoms with Gasteiger partial charge in [0, 0.05) is 32.4 Å².